The van der Waals surface area contributed by atoms with Gasteiger partial charge in [0.25, 0.3) is 0 Å². The molecule has 0 aliphatic heterocycles. The van der Waals surface area contributed by atoms with E-state index >= 15 is 0 Å². The van der Waals surface area contributed by atoms with Crippen molar-refractivity contribution in [3.8, 4) is 11.3 Å². The molecular weight excluding hydrogens is 294 g/mol. The van der Waals surface area contributed by atoms with Gasteiger partial charge >= 0.3 is 0 Å². The van der Waals surface area contributed by atoms with E-state index in [1.807, 2.05) is 0 Å². The summed E-state index contributed by atoms with van der Waals surface area (Å²) in [6, 6.07) is 6.88. The lowest BCUT2D eigenvalue weighted by Gasteiger charge is -2.20. The summed E-state index contributed by atoms with van der Waals surface area (Å²) in [6.07, 6.45) is 3.97. The van der Waals surface area contributed by atoms with Gasteiger partial charge in [-0.25, -0.2) is 9.97 Å². The first-order valence-electron chi connectivity index (χ1n) is 9.28. The summed E-state index contributed by atoms with van der Waals surface area (Å²) in [5.74, 6) is 0.970. The highest BCUT2D eigenvalue weighted by atomic mass is 15.0. The summed E-state index contributed by atoms with van der Waals surface area (Å²) in [6.45, 7) is 13.1. The second-order valence-corrected chi connectivity index (χ2v) is 6.45. The molecule has 3 nitrogen and oxygen atoms in total. The van der Waals surface area contributed by atoms with Gasteiger partial charge in [-0.2, -0.15) is 0 Å². The van der Waals surface area contributed by atoms with Crippen molar-refractivity contribution < 1.29 is 0 Å². The Balaban J connectivity index is 2.58. The molecule has 0 saturated heterocycles. The molecule has 0 atom stereocenters. The fraction of sp³-hybridized carbons (Fsp3) is 0.524. The monoisotopic (exact) mass is 325 g/mol. The smallest absolute Gasteiger partial charge is 0.148 e. The van der Waals surface area contributed by atoms with Crippen LogP contribution in [0, 0.1) is 13.8 Å². The summed E-state index contributed by atoms with van der Waals surface area (Å²) in [7, 11) is 0. The molecule has 0 saturated carbocycles. The van der Waals surface area contributed by atoms with Gasteiger partial charge < -0.3 is 5.32 Å². The van der Waals surface area contributed by atoms with Gasteiger partial charge in [0, 0.05) is 11.6 Å². The molecule has 0 unspecified atom stereocenters. The molecule has 1 heterocycles. The summed E-state index contributed by atoms with van der Waals surface area (Å²) in [4.78, 5) is 10.0. The third-order valence-electron chi connectivity index (χ3n) is 4.75. The Bertz CT molecular complexity index is 667. The fourth-order valence-electron chi connectivity index (χ4n) is 3.19. The minimum Gasteiger partial charge on any atom is -0.366 e. The third-order valence-corrected chi connectivity index (χ3v) is 4.75. The van der Waals surface area contributed by atoms with Crippen LogP contribution in [0.25, 0.3) is 11.3 Å². The van der Waals surface area contributed by atoms with E-state index in [-0.39, 0.29) is 0 Å². The van der Waals surface area contributed by atoms with Crippen LogP contribution in [0.4, 0.5) is 5.82 Å². The average molecular weight is 326 g/mol. The molecular formula is C21H31N3. The first-order valence-corrected chi connectivity index (χ1v) is 9.28. The summed E-state index contributed by atoms with van der Waals surface area (Å²) < 4.78 is 0. The van der Waals surface area contributed by atoms with Crippen LogP contribution in [0.15, 0.2) is 18.2 Å². The molecule has 2 rings (SSSR count). The Kier molecular flexibility index (Phi) is 6.36. The van der Waals surface area contributed by atoms with Crippen molar-refractivity contribution in [1.29, 1.82) is 0 Å². The SMILES string of the molecule is CCc1nc(-c2c(C)cccc2C)c(CC)nc1NC(CC)CC. The molecule has 0 bridgehead atoms. The Morgan fingerprint density at radius 1 is 0.875 bits per heavy atom. The number of aromatic nitrogens is 2. The average Bonchev–Trinajstić information content (AvgIpc) is 2.59. The summed E-state index contributed by atoms with van der Waals surface area (Å²) in [5, 5.41) is 3.61. The number of benzene rings is 1. The maximum absolute atomic E-state index is 5.05. The van der Waals surface area contributed by atoms with E-state index < -0.39 is 0 Å². The van der Waals surface area contributed by atoms with Gasteiger partial charge in [-0.3, -0.25) is 0 Å². The van der Waals surface area contributed by atoms with Crippen LogP contribution in [-0.2, 0) is 12.8 Å². The lowest BCUT2D eigenvalue weighted by Crippen LogP contribution is -2.20. The number of hydrogen-bond donors (Lipinski definition) is 1. The predicted octanol–water partition coefficient (Wildman–Crippen LogP) is 5.49. The molecule has 1 aromatic heterocycles. The van der Waals surface area contributed by atoms with E-state index in [1.54, 1.807) is 0 Å². The molecule has 0 fully saturated rings. The second-order valence-electron chi connectivity index (χ2n) is 6.45. The van der Waals surface area contributed by atoms with Crippen molar-refractivity contribution in [2.24, 2.45) is 0 Å². The molecule has 3 heteroatoms. The maximum Gasteiger partial charge on any atom is 0.148 e. The Morgan fingerprint density at radius 3 is 1.96 bits per heavy atom. The predicted molar refractivity (Wildman–Crippen MR) is 104 cm³/mol. The minimum absolute atomic E-state index is 0.459. The highest BCUT2D eigenvalue weighted by Gasteiger charge is 2.17. The molecule has 0 spiro atoms. The Labute approximate surface area is 146 Å². The standard InChI is InChI=1S/C21H31N3/c1-7-16(8-2)22-21-18(10-4)23-20(17(9-3)24-21)19-14(5)12-11-13-15(19)6/h11-13,16H,7-10H2,1-6H3,(H,22,24). The molecule has 2 aromatic rings. The lowest BCUT2D eigenvalue weighted by atomic mass is 9.97. The van der Waals surface area contributed by atoms with Crippen molar-refractivity contribution >= 4 is 5.82 Å². The van der Waals surface area contributed by atoms with E-state index in [4.69, 9.17) is 9.97 Å². The number of nitrogens with one attached hydrogen (secondary N) is 1. The highest BCUT2D eigenvalue weighted by molar-refractivity contribution is 5.70. The number of anilines is 1. The van der Waals surface area contributed by atoms with Gasteiger partial charge in [0.1, 0.15) is 5.82 Å². The van der Waals surface area contributed by atoms with Gasteiger partial charge in [0.15, 0.2) is 0 Å². The van der Waals surface area contributed by atoms with Crippen molar-refractivity contribution in [3.63, 3.8) is 0 Å². The van der Waals surface area contributed by atoms with Crippen molar-refractivity contribution in [2.75, 3.05) is 5.32 Å². The van der Waals surface area contributed by atoms with Crippen molar-refractivity contribution in [3.05, 3.63) is 40.7 Å². The van der Waals surface area contributed by atoms with Gasteiger partial charge in [0.05, 0.1) is 17.1 Å². The first-order chi connectivity index (χ1) is 11.5. The molecule has 24 heavy (non-hydrogen) atoms. The summed E-state index contributed by atoms with van der Waals surface area (Å²) in [5.41, 5.74) is 6.98. The van der Waals surface area contributed by atoms with E-state index in [0.717, 1.165) is 48.6 Å². The largest absolute Gasteiger partial charge is 0.366 e. The van der Waals surface area contributed by atoms with E-state index in [1.165, 1.54) is 16.7 Å². The molecule has 0 radical (unpaired) electrons. The Hall–Kier alpha value is -1.90. The van der Waals surface area contributed by atoms with E-state index in [2.05, 4.69) is 65.1 Å². The minimum atomic E-state index is 0.459. The van der Waals surface area contributed by atoms with Crippen LogP contribution in [0.5, 0.6) is 0 Å². The third kappa shape index (κ3) is 3.77. The molecule has 1 aromatic carbocycles. The van der Waals surface area contributed by atoms with Crippen LogP contribution in [0.3, 0.4) is 0 Å². The van der Waals surface area contributed by atoms with Crippen LogP contribution in [-0.4, -0.2) is 16.0 Å². The van der Waals surface area contributed by atoms with Crippen molar-refractivity contribution in [2.45, 2.75) is 73.3 Å². The maximum atomic E-state index is 5.05. The first kappa shape index (κ1) is 18.4. The van der Waals surface area contributed by atoms with Crippen LogP contribution in [0.1, 0.15) is 63.1 Å². The van der Waals surface area contributed by atoms with E-state index in [9.17, 15) is 0 Å². The number of rotatable bonds is 7. The second kappa shape index (κ2) is 8.27. The molecule has 0 aliphatic carbocycles. The zero-order valence-corrected chi connectivity index (χ0v) is 16.0. The number of nitrogens with zero attached hydrogens (tertiary/aromatic N) is 2. The zero-order valence-electron chi connectivity index (χ0n) is 16.0. The lowest BCUT2D eigenvalue weighted by molar-refractivity contribution is 0.665. The van der Waals surface area contributed by atoms with Gasteiger partial charge in [-0.05, 0) is 50.7 Å². The Morgan fingerprint density at radius 2 is 1.46 bits per heavy atom. The van der Waals surface area contributed by atoms with Crippen LogP contribution in [0.2, 0.25) is 0 Å². The molecule has 1 N–H and O–H groups in total. The van der Waals surface area contributed by atoms with Crippen molar-refractivity contribution in [1.82, 2.24) is 9.97 Å². The van der Waals surface area contributed by atoms with Gasteiger partial charge in [-0.15, -0.1) is 0 Å². The van der Waals surface area contributed by atoms with Gasteiger partial charge in [-0.1, -0.05) is 45.9 Å². The van der Waals surface area contributed by atoms with E-state index in [0.29, 0.717) is 6.04 Å². The molecule has 130 valence electrons. The topological polar surface area (TPSA) is 37.8 Å². The number of aryl methyl sites for hydroxylation is 4. The quantitative estimate of drug-likeness (QED) is 0.732. The number of hydrogen-bond acceptors (Lipinski definition) is 3. The normalized spacial score (nSPS) is 11.1. The van der Waals surface area contributed by atoms with Gasteiger partial charge in [0.2, 0.25) is 0 Å². The van der Waals surface area contributed by atoms with Crippen LogP contribution >= 0.6 is 0 Å². The molecule has 0 amide bonds. The zero-order chi connectivity index (χ0) is 17.7. The summed E-state index contributed by atoms with van der Waals surface area (Å²) >= 11 is 0. The fourth-order valence-corrected chi connectivity index (χ4v) is 3.19. The highest BCUT2D eigenvalue weighted by Crippen LogP contribution is 2.30. The van der Waals surface area contributed by atoms with Crippen LogP contribution < -0.4 is 5.32 Å². The molecule has 0 aliphatic rings.